The van der Waals surface area contributed by atoms with Crippen molar-refractivity contribution >= 4 is 5.82 Å². The number of hydrogen-bond donors (Lipinski definition) is 1. The molecule has 5 heteroatoms. The second kappa shape index (κ2) is 8.17. The van der Waals surface area contributed by atoms with E-state index < -0.39 is 0 Å². The predicted octanol–water partition coefficient (Wildman–Crippen LogP) is 2.90. The first-order valence-corrected chi connectivity index (χ1v) is 8.08. The van der Waals surface area contributed by atoms with Crippen LogP contribution in [0.15, 0.2) is 6.07 Å². The van der Waals surface area contributed by atoms with Gasteiger partial charge in [0.2, 0.25) is 5.88 Å². The Bertz CT molecular complexity index is 430. The van der Waals surface area contributed by atoms with Gasteiger partial charge in [0.1, 0.15) is 11.6 Å². The third-order valence-electron chi connectivity index (χ3n) is 3.85. The second-order valence-corrected chi connectivity index (χ2v) is 5.99. The summed E-state index contributed by atoms with van der Waals surface area (Å²) in [4.78, 5) is 11.5. The van der Waals surface area contributed by atoms with Crippen molar-refractivity contribution in [2.75, 3.05) is 38.6 Å². The standard InChI is InChI=1S/C16H28N4O/c1-13(2)16-18-14(12-15(19-16)21-3)17-8-4-5-9-20-10-6-7-11-20/h12-13H,4-11H2,1-3H3,(H,17,18,19). The Morgan fingerprint density at radius 3 is 2.67 bits per heavy atom. The molecule has 1 aliphatic rings. The number of nitrogens with zero attached hydrogens (tertiary/aromatic N) is 3. The summed E-state index contributed by atoms with van der Waals surface area (Å²) in [5.41, 5.74) is 0. The van der Waals surface area contributed by atoms with E-state index in [1.54, 1.807) is 7.11 Å². The minimum atomic E-state index is 0.302. The fourth-order valence-electron chi connectivity index (χ4n) is 2.58. The number of aromatic nitrogens is 2. The normalized spacial score (nSPS) is 15.6. The smallest absolute Gasteiger partial charge is 0.218 e. The van der Waals surface area contributed by atoms with Gasteiger partial charge in [0.05, 0.1) is 7.11 Å². The maximum Gasteiger partial charge on any atom is 0.218 e. The monoisotopic (exact) mass is 292 g/mol. The van der Waals surface area contributed by atoms with Gasteiger partial charge in [-0.15, -0.1) is 0 Å². The first kappa shape index (κ1) is 16.0. The van der Waals surface area contributed by atoms with E-state index >= 15 is 0 Å². The number of likely N-dealkylation sites (tertiary alicyclic amines) is 1. The van der Waals surface area contributed by atoms with Crippen LogP contribution in [0.4, 0.5) is 5.82 Å². The third-order valence-corrected chi connectivity index (χ3v) is 3.85. The van der Waals surface area contributed by atoms with Crippen molar-refractivity contribution in [1.29, 1.82) is 0 Å². The van der Waals surface area contributed by atoms with Crippen LogP contribution in [-0.2, 0) is 0 Å². The molecule has 0 radical (unpaired) electrons. The van der Waals surface area contributed by atoms with Crippen LogP contribution in [0.2, 0.25) is 0 Å². The van der Waals surface area contributed by atoms with Gasteiger partial charge in [-0.1, -0.05) is 13.8 Å². The molecule has 2 heterocycles. The van der Waals surface area contributed by atoms with Gasteiger partial charge in [0, 0.05) is 18.5 Å². The van der Waals surface area contributed by atoms with Crippen LogP contribution in [0, 0.1) is 0 Å². The summed E-state index contributed by atoms with van der Waals surface area (Å²) in [6, 6.07) is 1.87. The van der Waals surface area contributed by atoms with Crippen molar-refractivity contribution in [2.45, 2.75) is 45.4 Å². The highest BCUT2D eigenvalue weighted by molar-refractivity contribution is 5.38. The molecule has 0 unspecified atom stereocenters. The molecule has 0 atom stereocenters. The lowest BCUT2D eigenvalue weighted by molar-refractivity contribution is 0.331. The Kier molecular flexibility index (Phi) is 6.23. The van der Waals surface area contributed by atoms with E-state index in [4.69, 9.17) is 4.74 Å². The molecule has 21 heavy (non-hydrogen) atoms. The van der Waals surface area contributed by atoms with Crippen LogP contribution in [-0.4, -0.2) is 48.2 Å². The van der Waals surface area contributed by atoms with Crippen molar-refractivity contribution in [3.05, 3.63) is 11.9 Å². The van der Waals surface area contributed by atoms with Crippen LogP contribution >= 0.6 is 0 Å². The van der Waals surface area contributed by atoms with Gasteiger partial charge >= 0.3 is 0 Å². The molecular formula is C16H28N4O. The Balaban J connectivity index is 1.75. The van der Waals surface area contributed by atoms with Crippen molar-refractivity contribution in [3.63, 3.8) is 0 Å². The number of hydrogen-bond acceptors (Lipinski definition) is 5. The fraction of sp³-hybridized carbons (Fsp3) is 0.750. The Morgan fingerprint density at radius 2 is 2.00 bits per heavy atom. The van der Waals surface area contributed by atoms with Crippen molar-refractivity contribution in [1.82, 2.24) is 14.9 Å². The van der Waals surface area contributed by atoms with E-state index in [0.717, 1.165) is 18.2 Å². The number of methoxy groups -OCH3 is 1. The van der Waals surface area contributed by atoms with E-state index in [1.165, 1.54) is 45.3 Å². The first-order valence-electron chi connectivity index (χ1n) is 8.08. The van der Waals surface area contributed by atoms with Crippen LogP contribution in [0.3, 0.4) is 0 Å². The molecule has 1 aliphatic heterocycles. The minimum absolute atomic E-state index is 0.302. The molecule has 1 fully saturated rings. The summed E-state index contributed by atoms with van der Waals surface area (Å²) in [5, 5.41) is 3.39. The van der Waals surface area contributed by atoms with E-state index in [1.807, 2.05) is 6.07 Å². The average Bonchev–Trinajstić information content (AvgIpc) is 2.99. The summed E-state index contributed by atoms with van der Waals surface area (Å²) in [6.45, 7) is 8.93. The molecule has 5 nitrogen and oxygen atoms in total. The summed E-state index contributed by atoms with van der Waals surface area (Å²) >= 11 is 0. The van der Waals surface area contributed by atoms with Gasteiger partial charge in [-0.2, -0.15) is 4.98 Å². The molecule has 118 valence electrons. The van der Waals surface area contributed by atoms with Crippen LogP contribution < -0.4 is 10.1 Å². The second-order valence-electron chi connectivity index (χ2n) is 5.99. The molecule has 2 rings (SSSR count). The fourth-order valence-corrected chi connectivity index (χ4v) is 2.58. The van der Waals surface area contributed by atoms with Gasteiger partial charge in [-0.25, -0.2) is 4.98 Å². The Morgan fingerprint density at radius 1 is 1.24 bits per heavy atom. The summed E-state index contributed by atoms with van der Waals surface area (Å²) in [5.74, 6) is 2.63. The molecule has 1 aromatic rings. The Labute approximate surface area is 128 Å². The molecule has 1 aromatic heterocycles. The van der Waals surface area contributed by atoms with Crippen LogP contribution in [0.25, 0.3) is 0 Å². The summed E-state index contributed by atoms with van der Waals surface area (Å²) in [6.07, 6.45) is 5.15. The lowest BCUT2D eigenvalue weighted by Gasteiger charge is -2.14. The third kappa shape index (κ3) is 5.16. The zero-order chi connectivity index (χ0) is 15.1. The van der Waals surface area contributed by atoms with Gasteiger partial charge in [-0.3, -0.25) is 0 Å². The molecule has 0 saturated carbocycles. The molecule has 0 bridgehead atoms. The number of unbranched alkanes of at least 4 members (excludes halogenated alkanes) is 1. The van der Waals surface area contributed by atoms with E-state index in [0.29, 0.717) is 11.8 Å². The highest BCUT2D eigenvalue weighted by Gasteiger charge is 2.10. The van der Waals surface area contributed by atoms with Gasteiger partial charge in [0.25, 0.3) is 0 Å². The number of ether oxygens (including phenoxy) is 1. The van der Waals surface area contributed by atoms with E-state index in [2.05, 4.69) is 34.0 Å². The zero-order valence-electron chi connectivity index (χ0n) is 13.6. The largest absolute Gasteiger partial charge is 0.481 e. The highest BCUT2D eigenvalue weighted by Crippen LogP contribution is 2.18. The van der Waals surface area contributed by atoms with Gasteiger partial charge in [0.15, 0.2) is 0 Å². The first-order chi connectivity index (χ1) is 10.2. The van der Waals surface area contributed by atoms with E-state index in [9.17, 15) is 0 Å². The molecule has 0 aromatic carbocycles. The van der Waals surface area contributed by atoms with Gasteiger partial charge < -0.3 is 15.0 Å². The number of nitrogens with one attached hydrogen (secondary N) is 1. The van der Waals surface area contributed by atoms with Gasteiger partial charge in [-0.05, 0) is 45.3 Å². The molecular weight excluding hydrogens is 264 g/mol. The zero-order valence-corrected chi connectivity index (χ0v) is 13.6. The maximum atomic E-state index is 5.24. The topological polar surface area (TPSA) is 50.3 Å². The van der Waals surface area contributed by atoms with Crippen LogP contribution in [0.5, 0.6) is 5.88 Å². The highest BCUT2D eigenvalue weighted by atomic mass is 16.5. The summed E-state index contributed by atoms with van der Waals surface area (Å²) in [7, 11) is 1.65. The van der Waals surface area contributed by atoms with Crippen LogP contribution in [0.1, 0.15) is 51.3 Å². The predicted molar refractivity (Wildman–Crippen MR) is 86.1 cm³/mol. The van der Waals surface area contributed by atoms with Crippen molar-refractivity contribution in [3.8, 4) is 5.88 Å². The SMILES string of the molecule is COc1cc(NCCCCN2CCCC2)nc(C(C)C)n1. The molecule has 1 N–H and O–H groups in total. The molecule has 1 saturated heterocycles. The Hall–Kier alpha value is -1.36. The lowest BCUT2D eigenvalue weighted by atomic mass is 10.2. The van der Waals surface area contributed by atoms with E-state index in [-0.39, 0.29) is 0 Å². The van der Waals surface area contributed by atoms with Crippen molar-refractivity contribution < 1.29 is 4.74 Å². The van der Waals surface area contributed by atoms with Crippen molar-refractivity contribution in [2.24, 2.45) is 0 Å². The molecule has 0 aliphatic carbocycles. The number of rotatable bonds is 8. The molecule has 0 spiro atoms. The minimum Gasteiger partial charge on any atom is -0.481 e. The summed E-state index contributed by atoms with van der Waals surface area (Å²) < 4.78 is 5.24. The molecule has 0 amide bonds. The average molecular weight is 292 g/mol. The lowest BCUT2D eigenvalue weighted by Crippen LogP contribution is -2.21. The quantitative estimate of drug-likeness (QED) is 0.747. The maximum absolute atomic E-state index is 5.24. The number of anilines is 1.